The Hall–Kier alpha value is -1.80. The number of hydrogen-bond acceptors (Lipinski definition) is 4. The van der Waals surface area contributed by atoms with Crippen molar-refractivity contribution in [3.8, 4) is 6.07 Å². The van der Waals surface area contributed by atoms with E-state index < -0.39 is 0 Å². The number of rotatable bonds is 3. The highest BCUT2D eigenvalue weighted by atomic mass is 32.2. The molecule has 6 rings (SSSR count). The van der Waals surface area contributed by atoms with Gasteiger partial charge in [-0.3, -0.25) is 4.79 Å². The van der Waals surface area contributed by atoms with Gasteiger partial charge in [0.15, 0.2) is 5.78 Å². The summed E-state index contributed by atoms with van der Waals surface area (Å²) in [6.07, 6.45) is 6.88. The molecule has 27 heavy (non-hydrogen) atoms. The number of carbonyl (C=O) groups is 1. The second-order valence-electron chi connectivity index (χ2n) is 9.02. The number of ketones is 1. The number of nitrogens with two attached hydrogens (primary N) is 1. The van der Waals surface area contributed by atoms with Crippen LogP contribution in [0.4, 0.5) is 4.39 Å². The molecule has 0 unspecified atom stereocenters. The zero-order valence-corrected chi connectivity index (χ0v) is 16.0. The number of nitrogens with zero attached hydrogens (tertiary/aromatic N) is 1. The molecule has 5 aliphatic rings. The Morgan fingerprint density at radius 2 is 1.67 bits per heavy atom. The van der Waals surface area contributed by atoms with E-state index in [2.05, 4.69) is 6.07 Å². The molecule has 0 aromatic heterocycles. The number of allylic oxidation sites excluding steroid dienone is 1. The van der Waals surface area contributed by atoms with Crippen molar-refractivity contribution in [3.63, 3.8) is 0 Å². The van der Waals surface area contributed by atoms with E-state index in [0.717, 1.165) is 24.8 Å². The van der Waals surface area contributed by atoms with Crippen LogP contribution in [0.2, 0.25) is 0 Å². The predicted molar refractivity (Wildman–Crippen MR) is 103 cm³/mol. The Labute approximate surface area is 163 Å². The third-order valence-corrected chi connectivity index (χ3v) is 8.52. The van der Waals surface area contributed by atoms with Gasteiger partial charge in [0, 0.05) is 11.3 Å². The fourth-order valence-corrected chi connectivity index (χ4v) is 7.99. The molecule has 0 radical (unpaired) electrons. The topological polar surface area (TPSA) is 66.9 Å². The lowest BCUT2D eigenvalue weighted by atomic mass is 9.48. The predicted octanol–water partition coefficient (Wildman–Crippen LogP) is 4.50. The summed E-state index contributed by atoms with van der Waals surface area (Å²) in [4.78, 5) is 13.9. The highest BCUT2D eigenvalue weighted by Gasteiger charge is 2.57. The molecule has 1 aliphatic heterocycles. The molecule has 2 atom stereocenters. The molecule has 1 aromatic carbocycles. The van der Waals surface area contributed by atoms with Gasteiger partial charge in [-0.2, -0.15) is 5.26 Å². The molecule has 2 N–H and O–H groups in total. The highest BCUT2D eigenvalue weighted by molar-refractivity contribution is 8.04. The third-order valence-electron chi connectivity index (χ3n) is 7.30. The summed E-state index contributed by atoms with van der Waals surface area (Å²) >= 11 is 1.35. The van der Waals surface area contributed by atoms with Crippen molar-refractivity contribution in [1.29, 1.82) is 5.26 Å². The lowest BCUT2D eigenvalue weighted by molar-refractivity contribution is -0.143. The van der Waals surface area contributed by atoms with Crippen LogP contribution in [0.5, 0.6) is 0 Å². The minimum absolute atomic E-state index is 0.226. The number of nitriles is 1. The second kappa shape index (κ2) is 6.10. The molecular formula is C22H23FN2OS. The van der Waals surface area contributed by atoms with Crippen molar-refractivity contribution in [3.05, 3.63) is 46.2 Å². The fourth-order valence-electron chi connectivity index (χ4n) is 6.63. The van der Waals surface area contributed by atoms with Crippen LogP contribution in [0.25, 0.3) is 0 Å². The Balaban J connectivity index is 1.51. The lowest BCUT2D eigenvalue weighted by Crippen LogP contribution is -2.52. The summed E-state index contributed by atoms with van der Waals surface area (Å²) in [7, 11) is 0. The van der Waals surface area contributed by atoms with Crippen LogP contribution in [0.1, 0.15) is 50.0 Å². The van der Waals surface area contributed by atoms with E-state index in [1.165, 1.54) is 43.2 Å². The molecule has 5 heteroatoms. The van der Waals surface area contributed by atoms with Crippen LogP contribution >= 0.6 is 11.8 Å². The van der Waals surface area contributed by atoms with E-state index in [4.69, 9.17) is 5.73 Å². The van der Waals surface area contributed by atoms with Crippen molar-refractivity contribution in [2.75, 3.05) is 0 Å². The normalized spacial score (nSPS) is 39.6. The standard InChI is InChI=1S/C22H23FN2OS/c23-16-3-1-15(2-4-16)18-17(11-24)21(25)27-19(18)20(26)22-8-12-5-13(9-22)7-14(6-12)10-22/h1-4,12-14,18-19H,5-10,25H2/t12?,13?,14?,18-,19-,22?/m0/s1. The third kappa shape index (κ3) is 2.64. The van der Waals surface area contributed by atoms with Crippen LogP contribution in [0, 0.1) is 40.3 Å². The van der Waals surface area contributed by atoms with Crippen LogP contribution in [-0.2, 0) is 4.79 Å². The first-order chi connectivity index (χ1) is 13.0. The van der Waals surface area contributed by atoms with Gasteiger partial charge in [0.05, 0.1) is 21.9 Å². The van der Waals surface area contributed by atoms with Crippen molar-refractivity contribution < 1.29 is 9.18 Å². The van der Waals surface area contributed by atoms with Gasteiger partial charge in [-0.15, -0.1) is 0 Å². The fraction of sp³-hybridized carbons (Fsp3) is 0.545. The molecule has 4 bridgehead atoms. The van der Waals surface area contributed by atoms with Crippen LogP contribution in [-0.4, -0.2) is 11.0 Å². The zero-order valence-electron chi connectivity index (χ0n) is 15.2. The van der Waals surface area contributed by atoms with E-state index in [0.29, 0.717) is 28.4 Å². The average Bonchev–Trinajstić information content (AvgIpc) is 2.96. The van der Waals surface area contributed by atoms with Crippen molar-refractivity contribution >= 4 is 17.5 Å². The minimum Gasteiger partial charge on any atom is -0.393 e. The molecule has 0 saturated heterocycles. The van der Waals surface area contributed by atoms with Crippen LogP contribution < -0.4 is 5.73 Å². The van der Waals surface area contributed by atoms with Gasteiger partial charge in [-0.25, -0.2) is 4.39 Å². The van der Waals surface area contributed by atoms with Crippen molar-refractivity contribution in [2.24, 2.45) is 28.9 Å². The Morgan fingerprint density at radius 3 is 2.19 bits per heavy atom. The molecule has 0 amide bonds. The van der Waals surface area contributed by atoms with Crippen LogP contribution in [0.3, 0.4) is 0 Å². The summed E-state index contributed by atoms with van der Waals surface area (Å²) in [5.74, 6) is 1.68. The second-order valence-corrected chi connectivity index (χ2v) is 10.2. The van der Waals surface area contributed by atoms with Crippen molar-refractivity contribution in [1.82, 2.24) is 0 Å². The molecule has 3 nitrogen and oxygen atoms in total. The van der Waals surface area contributed by atoms with Gasteiger partial charge >= 0.3 is 0 Å². The first kappa shape index (κ1) is 17.3. The van der Waals surface area contributed by atoms with E-state index >= 15 is 0 Å². The minimum atomic E-state index is -0.360. The quantitative estimate of drug-likeness (QED) is 0.835. The molecule has 140 valence electrons. The number of hydrogen-bond donors (Lipinski definition) is 1. The van der Waals surface area contributed by atoms with Crippen LogP contribution in [0.15, 0.2) is 34.9 Å². The van der Waals surface area contributed by atoms with E-state index in [1.807, 2.05) is 0 Å². The van der Waals surface area contributed by atoms with Gasteiger partial charge in [0.25, 0.3) is 0 Å². The lowest BCUT2D eigenvalue weighted by Gasteiger charge is -2.56. The van der Waals surface area contributed by atoms with E-state index in [9.17, 15) is 14.4 Å². The first-order valence-corrected chi connectivity index (χ1v) is 10.7. The van der Waals surface area contributed by atoms with Gasteiger partial charge in [-0.05, 0) is 74.0 Å². The molecule has 4 saturated carbocycles. The maximum Gasteiger partial charge on any atom is 0.153 e. The summed E-state index contributed by atoms with van der Waals surface area (Å²) in [6.45, 7) is 0. The molecule has 1 heterocycles. The average molecular weight is 383 g/mol. The smallest absolute Gasteiger partial charge is 0.153 e. The number of thioether (sulfide) groups is 1. The maximum absolute atomic E-state index is 13.9. The first-order valence-electron chi connectivity index (χ1n) is 9.85. The Morgan fingerprint density at radius 1 is 1.11 bits per heavy atom. The van der Waals surface area contributed by atoms with E-state index in [1.54, 1.807) is 12.1 Å². The molecule has 0 spiro atoms. The molecule has 1 aromatic rings. The van der Waals surface area contributed by atoms with E-state index in [-0.39, 0.29) is 28.2 Å². The molecule has 4 fully saturated rings. The Bertz CT molecular complexity index is 834. The Kier molecular flexibility index (Phi) is 3.91. The number of benzene rings is 1. The van der Waals surface area contributed by atoms with Gasteiger partial charge in [-0.1, -0.05) is 23.9 Å². The largest absolute Gasteiger partial charge is 0.393 e. The van der Waals surface area contributed by atoms with Gasteiger partial charge < -0.3 is 5.73 Å². The van der Waals surface area contributed by atoms with Gasteiger partial charge in [0.1, 0.15) is 5.82 Å². The SMILES string of the molecule is N#CC1=C(N)S[C@H](C(=O)C23CC4CC(CC(C4)C2)C3)[C@H]1c1ccc(F)cc1. The van der Waals surface area contributed by atoms with Crippen molar-refractivity contribution in [2.45, 2.75) is 49.7 Å². The number of halogens is 1. The summed E-state index contributed by atoms with van der Waals surface area (Å²) in [6, 6.07) is 8.40. The number of Topliss-reactive ketones (excluding diaryl/α,β-unsaturated/α-hetero) is 1. The monoisotopic (exact) mass is 382 g/mol. The molecule has 4 aliphatic carbocycles. The maximum atomic E-state index is 13.9. The summed E-state index contributed by atoms with van der Waals surface area (Å²) in [5.41, 5.74) is 7.21. The summed E-state index contributed by atoms with van der Waals surface area (Å²) in [5, 5.41) is 9.76. The number of carbonyl (C=O) groups excluding carboxylic acids is 1. The van der Waals surface area contributed by atoms with Gasteiger partial charge in [0.2, 0.25) is 0 Å². The summed E-state index contributed by atoms with van der Waals surface area (Å²) < 4.78 is 13.4. The highest BCUT2D eigenvalue weighted by Crippen LogP contribution is 2.62. The molecular weight excluding hydrogens is 359 g/mol. The zero-order chi connectivity index (χ0) is 18.8.